The van der Waals surface area contributed by atoms with Crippen LogP contribution in [0, 0.1) is 23.7 Å². The SMILES string of the molecule is CC1(C)OB(c2ccc3c(c2)sc2c4c(ccc23)-c2ccccc2C42C3CC4CC(C3)CC2C4)OC1(C)C. The molecule has 38 heavy (non-hydrogen) atoms. The van der Waals surface area contributed by atoms with Crippen LogP contribution in [0.1, 0.15) is 70.9 Å². The van der Waals surface area contributed by atoms with Crippen LogP contribution in [0.5, 0.6) is 0 Å². The van der Waals surface area contributed by atoms with E-state index in [-0.39, 0.29) is 23.7 Å². The van der Waals surface area contributed by atoms with Gasteiger partial charge in [-0.2, -0.15) is 0 Å². The first-order chi connectivity index (χ1) is 18.3. The Morgan fingerprint density at radius 3 is 2.11 bits per heavy atom. The number of benzene rings is 3. The third kappa shape index (κ3) is 2.63. The van der Waals surface area contributed by atoms with Crippen molar-refractivity contribution < 1.29 is 9.31 Å². The molecule has 1 saturated heterocycles. The molecule has 1 aliphatic heterocycles. The second-order valence-electron chi connectivity index (χ2n) is 14.0. The van der Waals surface area contributed by atoms with Gasteiger partial charge < -0.3 is 9.31 Å². The van der Waals surface area contributed by atoms with E-state index in [2.05, 4.69) is 82.3 Å². The van der Waals surface area contributed by atoms with Gasteiger partial charge in [0.05, 0.1) is 11.2 Å². The van der Waals surface area contributed by atoms with Crippen molar-refractivity contribution in [3.63, 3.8) is 0 Å². The number of fused-ring (bicyclic) bond motifs is 7. The molecule has 0 amide bonds. The van der Waals surface area contributed by atoms with Gasteiger partial charge in [-0.1, -0.05) is 48.5 Å². The molecule has 5 aliphatic carbocycles. The lowest BCUT2D eigenvalue weighted by Crippen LogP contribution is -2.55. The normalized spacial score (nSPS) is 33.5. The molecule has 10 rings (SSSR count). The summed E-state index contributed by atoms with van der Waals surface area (Å²) in [6.07, 6.45) is 7.19. The van der Waals surface area contributed by atoms with E-state index in [4.69, 9.17) is 9.31 Å². The van der Waals surface area contributed by atoms with Crippen molar-refractivity contribution in [2.24, 2.45) is 23.7 Å². The lowest BCUT2D eigenvalue weighted by molar-refractivity contribution is -0.0393. The van der Waals surface area contributed by atoms with E-state index in [0.29, 0.717) is 0 Å². The Kier molecular flexibility index (Phi) is 4.25. The van der Waals surface area contributed by atoms with Gasteiger partial charge in [0.15, 0.2) is 0 Å². The molecule has 2 nitrogen and oxygen atoms in total. The molecular formula is C34H35BO2S. The largest absolute Gasteiger partial charge is 0.494 e. The summed E-state index contributed by atoms with van der Waals surface area (Å²) < 4.78 is 15.7. The molecule has 4 heteroatoms. The molecule has 192 valence electrons. The predicted octanol–water partition coefficient (Wildman–Crippen LogP) is 8.08. The third-order valence-electron chi connectivity index (χ3n) is 11.7. The maximum Gasteiger partial charge on any atom is 0.494 e. The van der Waals surface area contributed by atoms with E-state index >= 15 is 0 Å². The van der Waals surface area contributed by atoms with Crippen molar-refractivity contribution in [3.05, 3.63) is 65.7 Å². The van der Waals surface area contributed by atoms with E-state index in [1.807, 2.05) is 11.3 Å². The first kappa shape index (κ1) is 22.7. The number of rotatable bonds is 1. The van der Waals surface area contributed by atoms with Crippen LogP contribution in [0.25, 0.3) is 31.3 Å². The average Bonchev–Trinajstić information content (AvgIpc) is 3.47. The molecular weight excluding hydrogens is 483 g/mol. The summed E-state index contributed by atoms with van der Waals surface area (Å²) in [6.45, 7) is 8.54. The van der Waals surface area contributed by atoms with E-state index in [9.17, 15) is 0 Å². The van der Waals surface area contributed by atoms with Crippen molar-refractivity contribution in [3.8, 4) is 11.1 Å². The molecule has 4 saturated carbocycles. The molecule has 1 aromatic heterocycles. The minimum atomic E-state index is -0.328. The van der Waals surface area contributed by atoms with Gasteiger partial charge >= 0.3 is 7.12 Å². The van der Waals surface area contributed by atoms with Crippen LogP contribution < -0.4 is 5.46 Å². The summed E-state index contributed by atoms with van der Waals surface area (Å²) in [6, 6.07) is 21.2. The van der Waals surface area contributed by atoms with E-state index in [1.54, 1.807) is 11.1 Å². The Morgan fingerprint density at radius 2 is 1.39 bits per heavy atom. The van der Waals surface area contributed by atoms with Crippen molar-refractivity contribution in [1.29, 1.82) is 0 Å². The molecule has 0 atom stereocenters. The van der Waals surface area contributed by atoms with Crippen molar-refractivity contribution >= 4 is 44.1 Å². The summed E-state index contributed by atoms with van der Waals surface area (Å²) in [5.74, 6) is 3.50. The third-order valence-corrected chi connectivity index (χ3v) is 12.9. The maximum atomic E-state index is 6.43. The highest BCUT2D eigenvalue weighted by Crippen LogP contribution is 2.70. The van der Waals surface area contributed by atoms with E-state index in [0.717, 1.165) is 29.1 Å². The summed E-state index contributed by atoms with van der Waals surface area (Å²) in [5, 5.41) is 2.81. The van der Waals surface area contributed by atoms with Gasteiger partial charge in [0.1, 0.15) is 0 Å². The fraction of sp³-hybridized carbons (Fsp3) is 0.471. The zero-order valence-electron chi connectivity index (χ0n) is 22.8. The van der Waals surface area contributed by atoms with Gasteiger partial charge in [-0.25, -0.2) is 0 Å². The Balaban J connectivity index is 1.27. The van der Waals surface area contributed by atoms with Gasteiger partial charge in [0.2, 0.25) is 0 Å². The smallest absolute Gasteiger partial charge is 0.399 e. The molecule has 4 aromatic rings. The van der Waals surface area contributed by atoms with Gasteiger partial charge in [0, 0.05) is 25.6 Å². The standard InChI is InChI=1S/C34H35BO2S/c1-32(2)33(3,4)37-35(36-32)23-9-10-25-27-12-11-26-24-7-5-6-8-28(24)34(30(26)31(27)38-29(25)18-23)21-14-19-13-20(16-21)17-22(34)15-19/h5-12,18-22H,13-17H2,1-4H3. The second-order valence-corrected chi connectivity index (χ2v) is 15.1. The summed E-state index contributed by atoms with van der Waals surface area (Å²) in [4.78, 5) is 0. The van der Waals surface area contributed by atoms with Gasteiger partial charge in [0.25, 0.3) is 0 Å². The van der Waals surface area contributed by atoms with Crippen molar-refractivity contribution in [2.45, 2.75) is 76.4 Å². The first-order valence-corrected chi connectivity index (χ1v) is 15.5. The van der Waals surface area contributed by atoms with Crippen LogP contribution in [0.3, 0.4) is 0 Å². The average molecular weight is 519 g/mol. The second kappa shape index (κ2) is 7.13. The summed E-state index contributed by atoms with van der Waals surface area (Å²) in [7, 11) is -0.319. The molecule has 3 aromatic carbocycles. The Bertz CT molecular complexity index is 1620. The molecule has 5 fully saturated rings. The minimum Gasteiger partial charge on any atom is -0.399 e. The van der Waals surface area contributed by atoms with Crippen LogP contribution in [0.2, 0.25) is 0 Å². The summed E-state index contributed by atoms with van der Waals surface area (Å²) in [5.41, 5.74) is 7.03. The zero-order valence-corrected chi connectivity index (χ0v) is 23.7. The number of thiophene rings is 1. The monoisotopic (exact) mass is 518 g/mol. The highest BCUT2D eigenvalue weighted by atomic mass is 32.1. The molecule has 2 heterocycles. The highest BCUT2D eigenvalue weighted by molar-refractivity contribution is 7.26. The van der Waals surface area contributed by atoms with Crippen molar-refractivity contribution in [2.75, 3.05) is 0 Å². The lowest BCUT2D eigenvalue weighted by atomic mass is 9.43. The van der Waals surface area contributed by atoms with Gasteiger partial charge in [-0.3, -0.25) is 0 Å². The van der Waals surface area contributed by atoms with Crippen molar-refractivity contribution in [1.82, 2.24) is 0 Å². The quantitative estimate of drug-likeness (QED) is 0.237. The molecule has 4 bridgehead atoms. The first-order valence-electron chi connectivity index (χ1n) is 14.7. The fourth-order valence-electron chi connectivity index (χ4n) is 9.61. The minimum absolute atomic E-state index is 0.203. The van der Waals surface area contributed by atoms with E-state index in [1.165, 1.54) is 63.4 Å². The van der Waals surface area contributed by atoms with Gasteiger partial charge in [-0.05, 0) is 117 Å². The summed E-state index contributed by atoms with van der Waals surface area (Å²) >= 11 is 2.02. The Labute approximate surface area is 229 Å². The maximum absolute atomic E-state index is 6.43. The highest BCUT2D eigenvalue weighted by Gasteiger charge is 2.62. The van der Waals surface area contributed by atoms with Crippen LogP contribution in [0.15, 0.2) is 54.6 Å². The van der Waals surface area contributed by atoms with Crippen LogP contribution >= 0.6 is 11.3 Å². The molecule has 0 unspecified atom stereocenters. The topological polar surface area (TPSA) is 18.5 Å². The molecule has 0 radical (unpaired) electrons. The van der Waals surface area contributed by atoms with Crippen LogP contribution in [-0.4, -0.2) is 18.3 Å². The Hall–Kier alpha value is -2.14. The predicted molar refractivity (Wildman–Crippen MR) is 158 cm³/mol. The van der Waals surface area contributed by atoms with Crippen LogP contribution in [0.4, 0.5) is 0 Å². The van der Waals surface area contributed by atoms with Gasteiger partial charge in [-0.15, -0.1) is 11.3 Å². The molecule has 0 N–H and O–H groups in total. The molecule has 1 spiro atoms. The molecule has 6 aliphatic rings. The fourth-order valence-corrected chi connectivity index (χ4v) is 11.0. The number of hydrogen-bond acceptors (Lipinski definition) is 3. The number of hydrogen-bond donors (Lipinski definition) is 0. The van der Waals surface area contributed by atoms with E-state index < -0.39 is 0 Å². The Morgan fingerprint density at radius 1 is 0.737 bits per heavy atom. The van der Waals surface area contributed by atoms with Crippen LogP contribution in [-0.2, 0) is 14.7 Å². The zero-order chi connectivity index (χ0) is 25.6. The lowest BCUT2D eigenvalue weighted by Gasteiger charge is -2.61.